The molecule has 1 aromatic carbocycles. The van der Waals surface area contributed by atoms with E-state index in [-0.39, 0.29) is 5.03 Å². The van der Waals surface area contributed by atoms with Crippen molar-refractivity contribution in [2.75, 3.05) is 11.8 Å². The van der Waals surface area contributed by atoms with Crippen molar-refractivity contribution in [2.24, 2.45) is 0 Å². The first-order chi connectivity index (χ1) is 12.0. The summed E-state index contributed by atoms with van der Waals surface area (Å²) in [6.07, 6.45) is -3.67. The van der Waals surface area contributed by atoms with E-state index in [1.165, 1.54) is 25.4 Å². The number of methoxy groups -OCH3 is 1. The smallest absolute Gasteiger partial charge is 0.490 e. The van der Waals surface area contributed by atoms with Gasteiger partial charge in [0.25, 0.3) is 10.0 Å². The minimum atomic E-state index is -5.08. The fraction of sp³-hybridized carbons (Fsp3) is 0.143. The second-order valence-electron chi connectivity index (χ2n) is 4.43. The molecule has 12 heteroatoms. The van der Waals surface area contributed by atoms with Crippen LogP contribution in [0, 0.1) is 0 Å². The second kappa shape index (κ2) is 8.72. The highest BCUT2D eigenvalue weighted by Crippen LogP contribution is 2.28. The Morgan fingerprint density at radius 1 is 1.27 bits per heavy atom. The molecule has 7 nitrogen and oxygen atoms in total. The van der Waals surface area contributed by atoms with Gasteiger partial charge in [0.2, 0.25) is 0 Å². The summed E-state index contributed by atoms with van der Waals surface area (Å²) >= 11 is 5.87. The zero-order valence-electron chi connectivity index (χ0n) is 13.0. The highest BCUT2D eigenvalue weighted by molar-refractivity contribution is 7.92. The van der Waals surface area contributed by atoms with Gasteiger partial charge in [0.1, 0.15) is 5.75 Å². The van der Waals surface area contributed by atoms with E-state index in [1.807, 2.05) is 0 Å². The average Bonchev–Trinajstić information content (AvgIpc) is 2.57. The molecule has 0 saturated carbocycles. The number of nitrogens with one attached hydrogen (secondary N) is 1. The molecule has 0 aliphatic heterocycles. The van der Waals surface area contributed by atoms with Gasteiger partial charge < -0.3 is 9.84 Å². The van der Waals surface area contributed by atoms with E-state index in [0.29, 0.717) is 16.5 Å². The highest BCUT2D eigenvalue weighted by atomic mass is 35.5. The molecule has 26 heavy (non-hydrogen) atoms. The predicted molar refractivity (Wildman–Crippen MR) is 86.7 cm³/mol. The maximum atomic E-state index is 12.0. The molecule has 0 spiro atoms. The molecule has 0 radical (unpaired) electrons. The zero-order chi connectivity index (χ0) is 20.0. The Labute approximate surface area is 151 Å². The molecule has 0 aliphatic carbocycles. The van der Waals surface area contributed by atoms with Crippen LogP contribution in [-0.4, -0.2) is 37.8 Å². The number of hydrogen-bond acceptors (Lipinski definition) is 5. The largest absolute Gasteiger partial charge is 0.495 e. The number of carboxylic acids is 1. The summed E-state index contributed by atoms with van der Waals surface area (Å²) in [6, 6.07) is 9.26. The number of aromatic nitrogens is 1. The van der Waals surface area contributed by atoms with Gasteiger partial charge in [-0.25, -0.2) is 9.78 Å². The molecule has 0 unspecified atom stereocenters. The molecule has 2 N–H and O–H groups in total. The first-order valence-electron chi connectivity index (χ1n) is 6.55. The van der Waals surface area contributed by atoms with Crippen LogP contribution < -0.4 is 9.46 Å². The number of hydrogen-bond donors (Lipinski definition) is 2. The lowest BCUT2D eigenvalue weighted by Gasteiger charge is -2.09. The molecule has 2 rings (SSSR count). The minimum absolute atomic E-state index is 0.0519. The van der Waals surface area contributed by atoms with E-state index >= 15 is 0 Å². The number of benzene rings is 1. The van der Waals surface area contributed by atoms with Crippen molar-refractivity contribution in [1.29, 1.82) is 0 Å². The SMILES string of the molecule is COc1cc(NS(=O)(=O)c2ccccn2)ccc1Cl.O=C(O)C(F)(F)F. The summed E-state index contributed by atoms with van der Waals surface area (Å²) in [5, 5.41) is 7.48. The maximum absolute atomic E-state index is 12.0. The van der Waals surface area contributed by atoms with E-state index in [9.17, 15) is 21.6 Å². The van der Waals surface area contributed by atoms with E-state index in [1.54, 1.807) is 24.3 Å². The van der Waals surface area contributed by atoms with Gasteiger partial charge in [-0.2, -0.15) is 21.6 Å². The van der Waals surface area contributed by atoms with Crippen molar-refractivity contribution in [3.05, 3.63) is 47.6 Å². The van der Waals surface area contributed by atoms with Crippen molar-refractivity contribution in [3.8, 4) is 5.75 Å². The fourth-order valence-electron chi connectivity index (χ4n) is 1.44. The molecule has 0 amide bonds. The monoisotopic (exact) mass is 412 g/mol. The van der Waals surface area contributed by atoms with Crippen molar-refractivity contribution >= 4 is 33.3 Å². The van der Waals surface area contributed by atoms with Crippen LogP contribution in [0.1, 0.15) is 0 Å². The quantitative estimate of drug-likeness (QED) is 0.799. The van der Waals surface area contributed by atoms with Crippen LogP contribution in [0.2, 0.25) is 5.02 Å². The summed E-state index contributed by atoms with van der Waals surface area (Å²) in [6.45, 7) is 0. The van der Waals surface area contributed by atoms with Gasteiger partial charge in [0, 0.05) is 12.3 Å². The lowest BCUT2D eigenvalue weighted by atomic mass is 10.3. The number of nitrogens with zero attached hydrogens (tertiary/aromatic N) is 1. The number of halogens is 4. The van der Waals surface area contributed by atoms with Gasteiger partial charge in [0.15, 0.2) is 5.03 Å². The Bertz CT molecular complexity index is 861. The average molecular weight is 413 g/mol. The Morgan fingerprint density at radius 3 is 2.35 bits per heavy atom. The van der Waals surface area contributed by atoms with Crippen LogP contribution in [0.4, 0.5) is 18.9 Å². The molecule has 0 atom stereocenters. The molecule has 0 aliphatic rings. The van der Waals surface area contributed by atoms with Crippen molar-refractivity contribution in [3.63, 3.8) is 0 Å². The third-order valence-electron chi connectivity index (χ3n) is 2.56. The normalized spacial score (nSPS) is 11.1. The summed E-state index contributed by atoms with van der Waals surface area (Å²) in [4.78, 5) is 12.7. The van der Waals surface area contributed by atoms with Crippen LogP contribution in [-0.2, 0) is 14.8 Å². The highest BCUT2D eigenvalue weighted by Gasteiger charge is 2.38. The Kier molecular flexibility index (Phi) is 7.21. The van der Waals surface area contributed by atoms with Crippen LogP contribution >= 0.6 is 11.6 Å². The lowest BCUT2D eigenvalue weighted by molar-refractivity contribution is -0.192. The number of carbonyl (C=O) groups is 1. The van der Waals surface area contributed by atoms with Crippen molar-refractivity contribution in [1.82, 2.24) is 4.98 Å². The van der Waals surface area contributed by atoms with Gasteiger partial charge in [-0.1, -0.05) is 17.7 Å². The molecule has 1 heterocycles. The lowest BCUT2D eigenvalue weighted by Crippen LogP contribution is -2.21. The molecule has 142 valence electrons. The van der Waals surface area contributed by atoms with Crippen molar-refractivity contribution < 1.29 is 36.2 Å². The first kappa shape index (κ1) is 21.5. The number of sulfonamides is 1. The number of rotatable bonds is 4. The van der Waals surface area contributed by atoms with Gasteiger partial charge in [0.05, 0.1) is 17.8 Å². The Balaban J connectivity index is 0.000000412. The van der Waals surface area contributed by atoms with Gasteiger partial charge in [-0.3, -0.25) is 4.72 Å². The number of anilines is 1. The Morgan fingerprint density at radius 2 is 1.88 bits per heavy atom. The molecular formula is C14H12ClF3N2O5S. The summed E-state index contributed by atoms with van der Waals surface area (Å²) in [5.41, 5.74) is 0.354. The second-order valence-corrected chi connectivity index (χ2v) is 6.46. The molecule has 0 bridgehead atoms. The summed E-state index contributed by atoms with van der Waals surface area (Å²) < 4.78 is 63.2. The number of carboxylic acid groups (broad SMARTS) is 1. The maximum Gasteiger partial charge on any atom is 0.490 e. The summed E-state index contributed by atoms with van der Waals surface area (Å²) in [7, 11) is -2.25. The number of pyridine rings is 1. The van der Waals surface area contributed by atoms with Gasteiger partial charge in [-0.15, -0.1) is 0 Å². The first-order valence-corrected chi connectivity index (χ1v) is 8.41. The number of aliphatic carboxylic acids is 1. The van der Waals surface area contributed by atoms with E-state index < -0.39 is 22.2 Å². The summed E-state index contributed by atoms with van der Waals surface area (Å²) in [5.74, 6) is -2.37. The van der Waals surface area contributed by atoms with Crippen LogP contribution in [0.3, 0.4) is 0 Å². The fourth-order valence-corrected chi connectivity index (χ4v) is 2.63. The molecule has 0 fully saturated rings. The molecule has 2 aromatic rings. The van der Waals surface area contributed by atoms with Crippen LogP contribution in [0.5, 0.6) is 5.75 Å². The third-order valence-corrected chi connectivity index (χ3v) is 4.17. The van der Waals surface area contributed by atoms with E-state index in [0.717, 1.165) is 0 Å². The molecule has 1 aromatic heterocycles. The van der Waals surface area contributed by atoms with Gasteiger partial charge >= 0.3 is 12.1 Å². The minimum Gasteiger partial charge on any atom is -0.495 e. The topological polar surface area (TPSA) is 106 Å². The number of ether oxygens (including phenoxy) is 1. The molecule has 0 saturated heterocycles. The molecular weight excluding hydrogens is 401 g/mol. The third kappa shape index (κ3) is 6.41. The van der Waals surface area contributed by atoms with Gasteiger partial charge in [-0.05, 0) is 24.3 Å². The van der Waals surface area contributed by atoms with Crippen LogP contribution in [0.25, 0.3) is 0 Å². The Hall–Kier alpha value is -2.53. The van der Waals surface area contributed by atoms with E-state index in [2.05, 4.69) is 9.71 Å². The predicted octanol–water partition coefficient (Wildman–Crippen LogP) is 3.18. The van der Waals surface area contributed by atoms with E-state index in [4.69, 9.17) is 26.2 Å². The number of alkyl halides is 3. The van der Waals surface area contributed by atoms with Crippen molar-refractivity contribution in [2.45, 2.75) is 11.2 Å². The standard InChI is InChI=1S/C12H11ClN2O3S.C2HF3O2/c1-18-11-8-9(5-6-10(11)13)15-19(16,17)12-4-2-3-7-14-12;3-2(4,5)1(6)7/h2-8,15H,1H3;(H,6,7). The van der Waals surface area contributed by atoms with Crippen LogP contribution in [0.15, 0.2) is 47.6 Å². The zero-order valence-corrected chi connectivity index (χ0v) is 14.6.